The lowest BCUT2D eigenvalue weighted by molar-refractivity contribution is -0.121. The summed E-state index contributed by atoms with van der Waals surface area (Å²) in [7, 11) is 3.23. The van der Waals surface area contributed by atoms with Crippen LogP contribution in [-0.4, -0.2) is 26.7 Å². The van der Waals surface area contributed by atoms with E-state index >= 15 is 0 Å². The first-order chi connectivity index (χ1) is 12.2. The molecule has 2 rings (SSSR count). The molecule has 0 aliphatic heterocycles. The highest BCUT2D eigenvalue weighted by molar-refractivity contribution is 5.76. The molecule has 0 bridgehead atoms. The summed E-state index contributed by atoms with van der Waals surface area (Å²) in [5.74, 6) is 1.38. The van der Waals surface area contributed by atoms with Crippen molar-refractivity contribution in [3.05, 3.63) is 59.7 Å². The standard InChI is InChI=1S/C20H26N2O3/c1-24-18-11-10-15(14-19(18)25-2)13-17(16-7-4-3-5-8-16)22-20(23)9-6-12-21/h3-5,7-8,10-11,14,17H,6,9,12-13,21H2,1-2H3,(H,22,23). The Kier molecular flexibility index (Phi) is 7.29. The van der Waals surface area contributed by atoms with E-state index in [9.17, 15) is 4.79 Å². The summed E-state index contributed by atoms with van der Waals surface area (Å²) >= 11 is 0. The van der Waals surface area contributed by atoms with Gasteiger partial charge >= 0.3 is 0 Å². The highest BCUT2D eigenvalue weighted by Crippen LogP contribution is 2.29. The topological polar surface area (TPSA) is 73.6 Å². The third kappa shape index (κ3) is 5.50. The van der Waals surface area contributed by atoms with E-state index in [2.05, 4.69) is 5.32 Å². The van der Waals surface area contributed by atoms with Crippen LogP contribution in [0.5, 0.6) is 11.5 Å². The smallest absolute Gasteiger partial charge is 0.220 e. The largest absolute Gasteiger partial charge is 0.493 e. The zero-order chi connectivity index (χ0) is 18.1. The van der Waals surface area contributed by atoms with Crippen LogP contribution in [0.2, 0.25) is 0 Å². The number of nitrogens with one attached hydrogen (secondary N) is 1. The number of methoxy groups -OCH3 is 2. The number of ether oxygens (including phenoxy) is 2. The van der Waals surface area contributed by atoms with Crippen molar-refractivity contribution in [3.8, 4) is 11.5 Å². The molecule has 5 heteroatoms. The average molecular weight is 342 g/mol. The van der Waals surface area contributed by atoms with E-state index < -0.39 is 0 Å². The van der Waals surface area contributed by atoms with Crippen molar-refractivity contribution in [2.45, 2.75) is 25.3 Å². The summed E-state index contributed by atoms with van der Waals surface area (Å²) in [5.41, 5.74) is 7.62. The van der Waals surface area contributed by atoms with Gasteiger partial charge in [-0.25, -0.2) is 0 Å². The monoisotopic (exact) mass is 342 g/mol. The van der Waals surface area contributed by atoms with Gasteiger partial charge in [-0.3, -0.25) is 4.79 Å². The van der Waals surface area contributed by atoms with Gasteiger partial charge in [0.2, 0.25) is 5.91 Å². The third-order valence-corrected chi connectivity index (χ3v) is 4.03. The predicted octanol–water partition coefficient (Wildman–Crippen LogP) is 2.84. The molecule has 1 atom stereocenters. The lowest BCUT2D eigenvalue weighted by atomic mass is 9.98. The van der Waals surface area contributed by atoms with Crippen LogP contribution in [0.4, 0.5) is 0 Å². The van der Waals surface area contributed by atoms with Gasteiger partial charge in [0.25, 0.3) is 0 Å². The van der Waals surface area contributed by atoms with Crippen LogP contribution < -0.4 is 20.5 Å². The van der Waals surface area contributed by atoms with E-state index in [1.165, 1.54) is 0 Å². The van der Waals surface area contributed by atoms with Gasteiger partial charge in [-0.15, -0.1) is 0 Å². The Morgan fingerprint density at radius 2 is 1.80 bits per heavy atom. The molecule has 134 valence electrons. The van der Waals surface area contributed by atoms with Crippen molar-refractivity contribution < 1.29 is 14.3 Å². The van der Waals surface area contributed by atoms with Crippen molar-refractivity contribution in [1.82, 2.24) is 5.32 Å². The fourth-order valence-corrected chi connectivity index (χ4v) is 2.71. The van der Waals surface area contributed by atoms with Crippen LogP contribution in [0.3, 0.4) is 0 Å². The van der Waals surface area contributed by atoms with Gasteiger partial charge in [0.15, 0.2) is 11.5 Å². The number of benzene rings is 2. The van der Waals surface area contributed by atoms with Crippen LogP contribution in [0.25, 0.3) is 0 Å². The molecule has 0 heterocycles. The summed E-state index contributed by atoms with van der Waals surface area (Å²) in [5, 5.41) is 3.12. The van der Waals surface area contributed by atoms with Crippen molar-refractivity contribution in [1.29, 1.82) is 0 Å². The Morgan fingerprint density at radius 3 is 2.44 bits per heavy atom. The molecule has 1 amide bonds. The third-order valence-electron chi connectivity index (χ3n) is 4.03. The highest BCUT2D eigenvalue weighted by Gasteiger charge is 2.16. The Labute approximate surface area is 149 Å². The first-order valence-electron chi connectivity index (χ1n) is 8.43. The number of nitrogens with two attached hydrogens (primary N) is 1. The molecule has 2 aromatic carbocycles. The molecule has 0 aromatic heterocycles. The summed E-state index contributed by atoms with van der Waals surface area (Å²) in [6, 6.07) is 15.7. The molecule has 3 N–H and O–H groups in total. The van der Waals surface area contributed by atoms with Gasteiger partial charge in [0.1, 0.15) is 0 Å². The van der Waals surface area contributed by atoms with Crippen LogP contribution in [0.15, 0.2) is 48.5 Å². The van der Waals surface area contributed by atoms with E-state index in [0.29, 0.717) is 37.3 Å². The maximum atomic E-state index is 12.2. The lowest BCUT2D eigenvalue weighted by Gasteiger charge is -2.20. The average Bonchev–Trinajstić information content (AvgIpc) is 2.66. The summed E-state index contributed by atoms with van der Waals surface area (Å²) in [6.07, 6.45) is 1.79. The maximum absolute atomic E-state index is 12.2. The predicted molar refractivity (Wildman–Crippen MR) is 98.9 cm³/mol. The second kappa shape index (κ2) is 9.69. The quantitative estimate of drug-likeness (QED) is 0.735. The zero-order valence-electron chi connectivity index (χ0n) is 14.8. The number of hydrogen-bond acceptors (Lipinski definition) is 4. The molecule has 25 heavy (non-hydrogen) atoms. The molecule has 1 unspecified atom stereocenters. The Hall–Kier alpha value is -2.53. The fraction of sp³-hybridized carbons (Fsp3) is 0.350. The van der Waals surface area contributed by atoms with Crippen LogP contribution in [0, 0.1) is 0 Å². The van der Waals surface area contributed by atoms with Gasteiger partial charge in [-0.1, -0.05) is 36.4 Å². The molecule has 0 saturated heterocycles. The number of rotatable bonds is 9. The number of hydrogen-bond donors (Lipinski definition) is 2. The summed E-state index contributed by atoms with van der Waals surface area (Å²) in [6.45, 7) is 0.513. The minimum absolute atomic E-state index is 0.0137. The van der Waals surface area contributed by atoms with Crippen molar-refractivity contribution in [3.63, 3.8) is 0 Å². The Balaban J connectivity index is 2.19. The van der Waals surface area contributed by atoms with Crippen molar-refractivity contribution in [2.24, 2.45) is 5.73 Å². The first kappa shape index (κ1) is 18.8. The molecular weight excluding hydrogens is 316 g/mol. The van der Waals surface area contributed by atoms with E-state index in [0.717, 1.165) is 11.1 Å². The molecule has 0 aliphatic rings. The highest BCUT2D eigenvalue weighted by atomic mass is 16.5. The first-order valence-corrected chi connectivity index (χ1v) is 8.43. The fourth-order valence-electron chi connectivity index (χ4n) is 2.71. The molecular formula is C20H26N2O3. The van der Waals surface area contributed by atoms with Crippen molar-refractivity contribution >= 4 is 5.91 Å². The van der Waals surface area contributed by atoms with E-state index in [1.54, 1.807) is 14.2 Å². The molecule has 0 spiro atoms. The van der Waals surface area contributed by atoms with Gasteiger partial charge in [0, 0.05) is 6.42 Å². The molecule has 0 fully saturated rings. The van der Waals surface area contributed by atoms with Gasteiger partial charge in [-0.2, -0.15) is 0 Å². The maximum Gasteiger partial charge on any atom is 0.220 e. The van der Waals surface area contributed by atoms with Crippen LogP contribution in [0.1, 0.15) is 30.0 Å². The van der Waals surface area contributed by atoms with Gasteiger partial charge in [-0.05, 0) is 42.6 Å². The summed E-state index contributed by atoms with van der Waals surface area (Å²) < 4.78 is 10.7. The lowest BCUT2D eigenvalue weighted by Crippen LogP contribution is -2.30. The Bertz CT molecular complexity index is 674. The van der Waals surface area contributed by atoms with Gasteiger partial charge < -0.3 is 20.5 Å². The molecule has 0 aliphatic carbocycles. The minimum Gasteiger partial charge on any atom is -0.493 e. The van der Waals surface area contributed by atoms with Crippen molar-refractivity contribution in [2.75, 3.05) is 20.8 Å². The van der Waals surface area contributed by atoms with E-state index in [4.69, 9.17) is 15.2 Å². The zero-order valence-corrected chi connectivity index (χ0v) is 14.8. The second-order valence-electron chi connectivity index (χ2n) is 5.82. The number of carbonyl (C=O) groups is 1. The van der Waals surface area contributed by atoms with Crippen LogP contribution >= 0.6 is 0 Å². The molecule has 0 radical (unpaired) electrons. The van der Waals surface area contributed by atoms with Crippen LogP contribution in [-0.2, 0) is 11.2 Å². The number of amides is 1. The minimum atomic E-state index is -0.107. The van der Waals surface area contributed by atoms with E-state index in [1.807, 2.05) is 48.5 Å². The van der Waals surface area contributed by atoms with Gasteiger partial charge in [0.05, 0.1) is 20.3 Å². The summed E-state index contributed by atoms with van der Waals surface area (Å²) in [4.78, 5) is 12.2. The molecule has 5 nitrogen and oxygen atoms in total. The van der Waals surface area contributed by atoms with E-state index in [-0.39, 0.29) is 11.9 Å². The molecule has 0 saturated carbocycles. The second-order valence-corrected chi connectivity index (χ2v) is 5.82. The SMILES string of the molecule is COc1ccc(CC(NC(=O)CCCN)c2ccccc2)cc1OC. The Morgan fingerprint density at radius 1 is 1.08 bits per heavy atom. The number of carbonyl (C=O) groups excluding carboxylic acids is 1. The molecule has 2 aromatic rings. The normalized spacial score (nSPS) is 11.6.